The van der Waals surface area contributed by atoms with Gasteiger partial charge in [-0.1, -0.05) is 70.7 Å². The number of halogens is 4. The number of hydrazone groups is 1. The molecule has 0 fully saturated rings. The molecule has 0 aliphatic rings. The predicted molar refractivity (Wildman–Crippen MR) is 174 cm³/mol. The van der Waals surface area contributed by atoms with Gasteiger partial charge in [0.1, 0.15) is 13.2 Å². The Morgan fingerprint density at radius 3 is 2.40 bits per heavy atom. The highest BCUT2D eigenvalue weighted by Gasteiger charge is 2.28. The maximum atomic E-state index is 13.5. The normalized spacial score (nSPS) is 11.4. The first-order valence-electron chi connectivity index (χ1n) is 12.6. The van der Waals surface area contributed by atoms with E-state index in [1.54, 1.807) is 60.7 Å². The van der Waals surface area contributed by atoms with Crippen molar-refractivity contribution in [2.45, 2.75) is 18.4 Å². The summed E-state index contributed by atoms with van der Waals surface area (Å²) in [6, 6.07) is 21.2. The number of aryl methyl sites for hydroxylation is 1. The maximum absolute atomic E-state index is 13.5. The molecule has 1 N–H and O–H groups in total. The van der Waals surface area contributed by atoms with Crippen LogP contribution in [0.2, 0.25) is 15.1 Å². The van der Waals surface area contributed by atoms with E-state index in [1.165, 1.54) is 31.5 Å². The lowest BCUT2D eigenvalue weighted by atomic mass is 10.2. The topological polar surface area (TPSA) is 97.3 Å². The van der Waals surface area contributed by atoms with Crippen LogP contribution in [0.15, 0.2) is 93.3 Å². The highest BCUT2D eigenvalue weighted by atomic mass is 79.9. The molecule has 0 saturated heterocycles. The van der Waals surface area contributed by atoms with Gasteiger partial charge in [-0.2, -0.15) is 5.10 Å². The second kappa shape index (κ2) is 14.5. The van der Waals surface area contributed by atoms with Gasteiger partial charge in [0.05, 0.1) is 33.4 Å². The number of hydrogen-bond acceptors (Lipinski definition) is 6. The summed E-state index contributed by atoms with van der Waals surface area (Å²) in [5.41, 5.74) is 4.74. The van der Waals surface area contributed by atoms with Crippen molar-refractivity contribution in [3.8, 4) is 11.5 Å². The van der Waals surface area contributed by atoms with Crippen LogP contribution in [0.4, 0.5) is 5.69 Å². The largest absolute Gasteiger partial charge is 0.493 e. The van der Waals surface area contributed by atoms with E-state index in [0.717, 1.165) is 15.4 Å². The van der Waals surface area contributed by atoms with Crippen molar-refractivity contribution < 1.29 is 22.7 Å². The van der Waals surface area contributed by atoms with Crippen molar-refractivity contribution in [3.05, 3.63) is 115 Å². The van der Waals surface area contributed by atoms with Crippen LogP contribution in [-0.4, -0.2) is 34.2 Å². The van der Waals surface area contributed by atoms with Gasteiger partial charge < -0.3 is 9.47 Å². The average Bonchev–Trinajstić information content (AvgIpc) is 2.96. The summed E-state index contributed by atoms with van der Waals surface area (Å²) in [6.07, 6.45) is 1.39. The molecule has 4 rings (SSSR count). The summed E-state index contributed by atoms with van der Waals surface area (Å²) in [4.78, 5) is 12.9. The summed E-state index contributed by atoms with van der Waals surface area (Å²) in [5, 5.41) is 5.18. The Kier molecular flexibility index (Phi) is 11.0. The molecule has 1 amide bonds. The SMILES string of the molecule is COc1cc(/C=N\NC(=O)CN(c2ccccc2Cl)S(=O)(=O)c2ccc(C)cc2)cc(Br)c1OCc1ccc(Cl)cc1Cl. The highest BCUT2D eigenvalue weighted by Crippen LogP contribution is 2.37. The summed E-state index contributed by atoms with van der Waals surface area (Å²) < 4.78 is 40.0. The number of methoxy groups -OCH3 is 1. The molecular formula is C30H25BrCl3N3O5S. The fourth-order valence-corrected chi connectivity index (χ4v) is 6.64. The van der Waals surface area contributed by atoms with Gasteiger partial charge >= 0.3 is 0 Å². The Morgan fingerprint density at radius 1 is 1.00 bits per heavy atom. The molecule has 4 aromatic rings. The Hall–Kier alpha value is -3.28. The first-order valence-corrected chi connectivity index (χ1v) is 16.0. The molecule has 43 heavy (non-hydrogen) atoms. The summed E-state index contributed by atoms with van der Waals surface area (Å²) in [5.74, 6) is 0.158. The maximum Gasteiger partial charge on any atom is 0.264 e. The third kappa shape index (κ3) is 8.21. The van der Waals surface area contributed by atoms with Crippen LogP contribution in [0.5, 0.6) is 11.5 Å². The molecular weight excluding hydrogens is 701 g/mol. The van der Waals surface area contributed by atoms with E-state index < -0.39 is 22.5 Å². The zero-order valence-electron chi connectivity index (χ0n) is 22.9. The third-order valence-electron chi connectivity index (χ3n) is 6.06. The zero-order chi connectivity index (χ0) is 31.1. The Balaban J connectivity index is 1.49. The molecule has 0 aliphatic carbocycles. The molecule has 224 valence electrons. The second-order valence-corrected chi connectivity index (χ2v) is 13.1. The number of hydrogen-bond donors (Lipinski definition) is 1. The van der Waals surface area contributed by atoms with Crippen LogP contribution in [0, 0.1) is 6.92 Å². The van der Waals surface area contributed by atoms with E-state index in [2.05, 4.69) is 26.5 Å². The van der Waals surface area contributed by atoms with Crippen LogP contribution in [0.3, 0.4) is 0 Å². The fourth-order valence-electron chi connectivity index (χ4n) is 3.88. The smallest absolute Gasteiger partial charge is 0.264 e. The van der Waals surface area contributed by atoms with Gasteiger partial charge in [-0.15, -0.1) is 0 Å². The second-order valence-electron chi connectivity index (χ2n) is 9.13. The van der Waals surface area contributed by atoms with Crippen LogP contribution >= 0.6 is 50.7 Å². The number of benzene rings is 4. The van der Waals surface area contributed by atoms with Gasteiger partial charge in [0.15, 0.2) is 11.5 Å². The number of rotatable bonds is 11. The third-order valence-corrected chi connectivity index (χ3v) is 9.33. The molecule has 8 nitrogen and oxygen atoms in total. The van der Waals surface area contributed by atoms with E-state index in [4.69, 9.17) is 44.3 Å². The zero-order valence-corrected chi connectivity index (χ0v) is 27.5. The molecule has 13 heteroatoms. The first kappa shape index (κ1) is 32.6. The Morgan fingerprint density at radius 2 is 1.72 bits per heavy atom. The van der Waals surface area contributed by atoms with Crippen LogP contribution in [0.1, 0.15) is 16.7 Å². The van der Waals surface area contributed by atoms with E-state index in [9.17, 15) is 13.2 Å². The quantitative estimate of drug-likeness (QED) is 0.127. The molecule has 0 aliphatic heterocycles. The molecule has 0 saturated carbocycles. The number of nitrogens with one attached hydrogen (secondary N) is 1. The number of carbonyl (C=O) groups is 1. The lowest BCUT2D eigenvalue weighted by molar-refractivity contribution is -0.119. The van der Waals surface area contributed by atoms with Crippen molar-refractivity contribution in [3.63, 3.8) is 0 Å². The van der Waals surface area contributed by atoms with Crippen LogP contribution in [-0.2, 0) is 21.4 Å². The van der Waals surface area contributed by atoms with E-state index in [-0.39, 0.29) is 22.2 Å². The number of nitrogens with zero attached hydrogens (tertiary/aromatic N) is 2. The standard InChI is InChI=1S/C30H25BrCl3N3O5S/c1-19-7-11-23(12-8-19)43(39,40)37(27-6-4-3-5-25(27)33)17-29(38)36-35-16-20-13-24(31)30(28(14-20)41-2)42-18-21-9-10-22(32)15-26(21)34/h3-16H,17-18H2,1-2H3,(H,36,38)/b35-16-. The highest BCUT2D eigenvalue weighted by molar-refractivity contribution is 9.10. The number of para-hydroxylation sites is 1. The fraction of sp³-hybridized carbons (Fsp3) is 0.133. The van der Waals surface area contributed by atoms with Crippen LogP contribution in [0.25, 0.3) is 0 Å². The minimum Gasteiger partial charge on any atom is -0.493 e. The van der Waals surface area contributed by atoms with Crippen LogP contribution < -0.4 is 19.2 Å². The van der Waals surface area contributed by atoms with Gasteiger partial charge in [-0.25, -0.2) is 13.8 Å². The van der Waals surface area contributed by atoms with Gasteiger partial charge in [-0.3, -0.25) is 9.10 Å². The monoisotopic (exact) mass is 723 g/mol. The summed E-state index contributed by atoms with van der Waals surface area (Å²) >= 11 is 22.0. The minimum atomic E-state index is -4.13. The number of ether oxygens (including phenoxy) is 2. The van der Waals surface area contributed by atoms with Crippen molar-refractivity contribution in [2.75, 3.05) is 18.0 Å². The van der Waals surface area contributed by atoms with E-state index >= 15 is 0 Å². The Bertz CT molecular complexity index is 1770. The van der Waals surface area contributed by atoms with Crippen molar-refractivity contribution in [2.24, 2.45) is 5.10 Å². The molecule has 4 aromatic carbocycles. The lowest BCUT2D eigenvalue weighted by Gasteiger charge is -2.24. The summed E-state index contributed by atoms with van der Waals surface area (Å²) in [6.45, 7) is 1.45. The number of carbonyl (C=O) groups excluding carboxylic acids is 1. The van der Waals surface area contributed by atoms with Gasteiger partial charge in [-0.05, 0) is 76.9 Å². The van der Waals surface area contributed by atoms with E-state index in [1.807, 2.05) is 6.92 Å². The number of anilines is 1. The molecule has 0 radical (unpaired) electrons. The van der Waals surface area contributed by atoms with Gasteiger partial charge in [0.2, 0.25) is 0 Å². The first-order chi connectivity index (χ1) is 20.5. The molecule has 0 unspecified atom stereocenters. The minimum absolute atomic E-state index is 0.0203. The molecule has 0 bridgehead atoms. The van der Waals surface area contributed by atoms with E-state index in [0.29, 0.717) is 31.6 Å². The van der Waals surface area contributed by atoms with Crippen molar-refractivity contribution in [1.29, 1.82) is 0 Å². The van der Waals surface area contributed by atoms with Gasteiger partial charge in [0, 0.05) is 15.6 Å². The molecule has 0 heterocycles. The van der Waals surface area contributed by atoms with Crippen molar-refractivity contribution in [1.82, 2.24) is 5.43 Å². The Labute approximate surface area is 273 Å². The molecule has 0 spiro atoms. The predicted octanol–water partition coefficient (Wildman–Crippen LogP) is 7.65. The average molecular weight is 726 g/mol. The summed E-state index contributed by atoms with van der Waals surface area (Å²) in [7, 11) is -2.64. The van der Waals surface area contributed by atoms with Crippen molar-refractivity contribution >= 4 is 78.6 Å². The van der Waals surface area contributed by atoms with Gasteiger partial charge in [0.25, 0.3) is 15.9 Å². The number of amides is 1. The molecule has 0 atom stereocenters. The number of sulfonamides is 1. The lowest BCUT2D eigenvalue weighted by Crippen LogP contribution is -2.39. The molecule has 0 aromatic heterocycles.